The summed E-state index contributed by atoms with van der Waals surface area (Å²) in [5.41, 5.74) is 0. The highest BCUT2D eigenvalue weighted by Gasteiger charge is 1.79. The van der Waals surface area contributed by atoms with Crippen LogP contribution in [0.2, 0.25) is 0 Å². The average Bonchev–Trinajstić information content (AvgIpc) is 1.81. The van der Waals surface area contributed by atoms with Crippen LogP contribution in [0.25, 0.3) is 0 Å². The van der Waals surface area contributed by atoms with E-state index in [-0.39, 0.29) is 0 Å². The van der Waals surface area contributed by atoms with Gasteiger partial charge in [-0.15, -0.1) is 6.42 Å². The fraction of sp³-hybridized carbons (Fsp3) is 0.667. The van der Waals surface area contributed by atoms with E-state index in [0.29, 0.717) is 6.54 Å². The Morgan fingerprint density at radius 1 is 1.62 bits per heavy atom. The first-order valence-corrected chi connectivity index (χ1v) is 3.30. The van der Waals surface area contributed by atoms with Crippen LogP contribution in [0.1, 0.15) is 6.42 Å². The fourth-order valence-electron chi connectivity index (χ4n) is 0.365. The Morgan fingerprint density at radius 3 is 2.88 bits per heavy atom. The lowest BCUT2D eigenvalue weighted by Gasteiger charge is -1.94. The Morgan fingerprint density at radius 2 is 2.38 bits per heavy atom. The first kappa shape index (κ1) is 7.87. The first-order chi connectivity index (χ1) is 3.91. The number of hydrogen-bond acceptors (Lipinski definition) is 2. The van der Waals surface area contributed by atoms with Crippen LogP contribution in [0, 0.1) is 12.3 Å². The summed E-state index contributed by atoms with van der Waals surface area (Å²) in [5.74, 6) is 3.42. The molecule has 0 aliphatic carbocycles. The molecule has 1 nitrogen and oxygen atoms in total. The molecule has 0 bridgehead atoms. The molecule has 0 heterocycles. The second-order valence-corrected chi connectivity index (χ2v) is 1.91. The Hall–Kier alpha value is -0.130. The summed E-state index contributed by atoms with van der Waals surface area (Å²) in [4.78, 5) is 0. The Kier molecular flexibility index (Phi) is 6.76. The first-order valence-electron chi connectivity index (χ1n) is 2.67. The maximum absolute atomic E-state index is 4.98. The lowest BCUT2D eigenvalue weighted by Crippen LogP contribution is -2.15. The molecule has 0 aliphatic heterocycles. The van der Waals surface area contributed by atoms with Crippen LogP contribution in [-0.4, -0.2) is 18.8 Å². The van der Waals surface area contributed by atoms with Crippen LogP contribution < -0.4 is 5.32 Å². The smallest absolute Gasteiger partial charge is 0.0573 e. The molecular formula is C6H11NS. The fourth-order valence-corrected chi connectivity index (χ4v) is 0.523. The summed E-state index contributed by atoms with van der Waals surface area (Å²) < 4.78 is 0. The molecule has 0 aromatic rings. The third-order valence-corrected chi connectivity index (χ3v) is 1.05. The molecule has 0 radical (unpaired) electrons. The van der Waals surface area contributed by atoms with Crippen molar-refractivity contribution in [1.82, 2.24) is 5.32 Å². The highest BCUT2D eigenvalue weighted by molar-refractivity contribution is 7.80. The van der Waals surface area contributed by atoms with Gasteiger partial charge in [-0.05, 0) is 18.7 Å². The monoisotopic (exact) mass is 129 g/mol. The second kappa shape index (κ2) is 6.87. The van der Waals surface area contributed by atoms with Crippen molar-refractivity contribution in [1.29, 1.82) is 0 Å². The van der Waals surface area contributed by atoms with Crippen molar-refractivity contribution in [2.24, 2.45) is 0 Å². The van der Waals surface area contributed by atoms with Gasteiger partial charge in [0, 0.05) is 0 Å². The lowest BCUT2D eigenvalue weighted by molar-refractivity contribution is 0.743. The average molecular weight is 129 g/mol. The van der Waals surface area contributed by atoms with E-state index >= 15 is 0 Å². The van der Waals surface area contributed by atoms with E-state index in [1.54, 1.807) is 0 Å². The van der Waals surface area contributed by atoms with Gasteiger partial charge in [0.1, 0.15) is 0 Å². The van der Waals surface area contributed by atoms with E-state index in [9.17, 15) is 0 Å². The third kappa shape index (κ3) is 5.87. The number of thiol groups is 1. The molecular weight excluding hydrogens is 118 g/mol. The maximum Gasteiger partial charge on any atom is 0.0573 e. The van der Waals surface area contributed by atoms with Crippen molar-refractivity contribution in [3.05, 3.63) is 0 Å². The predicted molar refractivity (Wildman–Crippen MR) is 40.2 cm³/mol. The quantitative estimate of drug-likeness (QED) is 0.320. The minimum absolute atomic E-state index is 0.674. The molecule has 0 atom stereocenters. The molecule has 0 aliphatic rings. The summed E-state index contributed by atoms with van der Waals surface area (Å²) in [7, 11) is 0. The SMILES string of the molecule is C#CCNCCCS. The molecule has 0 rings (SSSR count). The van der Waals surface area contributed by atoms with E-state index in [4.69, 9.17) is 6.42 Å². The highest BCUT2D eigenvalue weighted by Crippen LogP contribution is 1.78. The summed E-state index contributed by atoms with van der Waals surface area (Å²) in [6.07, 6.45) is 6.07. The van der Waals surface area contributed by atoms with E-state index < -0.39 is 0 Å². The van der Waals surface area contributed by atoms with Crippen molar-refractivity contribution in [3.63, 3.8) is 0 Å². The molecule has 8 heavy (non-hydrogen) atoms. The molecule has 0 saturated heterocycles. The Balaban J connectivity index is 2.65. The summed E-state index contributed by atoms with van der Waals surface area (Å²) >= 11 is 4.03. The van der Waals surface area contributed by atoms with Crippen molar-refractivity contribution >= 4 is 12.6 Å². The van der Waals surface area contributed by atoms with Gasteiger partial charge in [0.25, 0.3) is 0 Å². The van der Waals surface area contributed by atoms with E-state index in [2.05, 4.69) is 23.9 Å². The topological polar surface area (TPSA) is 12.0 Å². The maximum atomic E-state index is 4.98. The van der Waals surface area contributed by atoms with E-state index in [1.165, 1.54) is 0 Å². The van der Waals surface area contributed by atoms with Crippen molar-refractivity contribution in [3.8, 4) is 12.3 Å². The van der Waals surface area contributed by atoms with Crippen LogP contribution in [0.3, 0.4) is 0 Å². The van der Waals surface area contributed by atoms with Crippen molar-refractivity contribution < 1.29 is 0 Å². The summed E-state index contributed by atoms with van der Waals surface area (Å²) in [5, 5.41) is 3.05. The zero-order chi connectivity index (χ0) is 6.24. The third-order valence-electron chi connectivity index (χ3n) is 0.739. The van der Waals surface area contributed by atoms with Crippen LogP contribution in [0.4, 0.5) is 0 Å². The van der Waals surface area contributed by atoms with E-state index in [0.717, 1.165) is 18.7 Å². The van der Waals surface area contributed by atoms with Gasteiger partial charge in [-0.2, -0.15) is 12.6 Å². The molecule has 0 fully saturated rings. The van der Waals surface area contributed by atoms with Gasteiger partial charge in [-0.25, -0.2) is 0 Å². The Labute approximate surface area is 56.3 Å². The molecule has 1 N–H and O–H groups in total. The lowest BCUT2D eigenvalue weighted by atomic mass is 10.5. The van der Waals surface area contributed by atoms with Crippen molar-refractivity contribution in [2.75, 3.05) is 18.8 Å². The normalized spacial score (nSPS) is 8.50. The van der Waals surface area contributed by atoms with Crippen LogP contribution in [-0.2, 0) is 0 Å². The van der Waals surface area contributed by atoms with Gasteiger partial charge in [0.15, 0.2) is 0 Å². The van der Waals surface area contributed by atoms with Crippen molar-refractivity contribution in [2.45, 2.75) is 6.42 Å². The van der Waals surface area contributed by atoms with Gasteiger partial charge in [-0.1, -0.05) is 5.92 Å². The molecule has 0 spiro atoms. The van der Waals surface area contributed by atoms with E-state index in [1.807, 2.05) is 0 Å². The predicted octanol–water partition coefficient (Wildman–Crippen LogP) is 0.529. The number of terminal acetylenes is 1. The largest absolute Gasteiger partial charge is 0.306 e. The summed E-state index contributed by atoms with van der Waals surface area (Å²) in [6.45, 7) is 1.65. The molecule has 0 amide bonds. The molecule has 46 valence electrons. The Bertz CT molecular complexity index is 75.1. The number of hydrogen-bond donors (Lipinski definition) is 2. The number of nitrogens with one attached hydrogen (secondary N) is 1. The molecule has 0 saturated carbocycles. The van der Waals surface area contributed by atoms with Gasteiger partial charge in [0.2, 0.25) is 0 Å². The minimum atomic E-state index is 0.674. The second-order valence-electron chi connectivity index (χ2n) is 1.46. The molecule has 0 unspecified atom stereocenters. The van der Waals surface area contributed by atoms with Crippen LogP contribution in [0.5, 0.6) is 0 Å². The minimum Gasteiger partial charge on any atom is -0.306 e. The molecule has 0 aromatic carbocycles. The zero-order valence-corrected chi connectivity index (χ0v) is 5.75. The zero-order valence-electron chi connectivity index (χ0n) is 4.85. The molecule has 0 aromatic heterocycles. The standard InChI is InChI=1S/C6H11NS/c1-2-4-7-5-3-6-8/h1,7-8H,3-6H2. The summed E-state index contributed by atoms with van der Waals surface area (Å²) in [6, 6.07) is 0. The van der Waals surface area contributed by atoms with Gasteiger partial charge < -0.3 is 5.32 Å². The highest BCUT2D eigenvalue weighted by atomic mass is 32.1. The van der Waals surface area contributed by atoms with Gasteiger partial charge in [-0.3, -0.25) is 0 Å². The van der Waals surface area contributed by atoms with Crippen LogP contribution >= 0.6 is 12.6 Å². The molecule has 2 heteroatoms. The van der Waals surface area contributed by atoms with Crippen LogP contribution in [0.15, 0.2) is 0 Å². The number of rotatable bonds is 4. The van der Waals surface area contributed by atoms with Gasteiger partial charge in [0.05, 0.1) is 6.54 Å². The van der Waals surface area contributed by atoms with Gasteiger partial charge >= 0.3 is 0 Å².